The van der Waals surface area contributed by atoms with Gasteiger partial charge in [0.2, 0.25) is 0 Å². The third-order valence-corrected chi connectivity index (χ3v) is 4.34. The van der Waals surface area contributed by atoms with Crippen LogP contribution in [0.2, 0.25) is 0 Å². The summed E-state index contributed by atoms with van der Waals surface area (Å²) in [5, 5.41) is 6.67. The molecule has 2 aromatic carbocycles. The minimum atomic E-state index is -0.152. The number of methoxy groups -OCH3 is 2. The summed E-state index contributed by atoms with van der Waals surface area (Å²) in [5.74, 6) is 2.20. The Morgan fingerprint density at radius 3 is 2.26 bits per heavy atom. The molecule has 0 unspecified atom stereocenters. The van der Waals surface area contributed by atoms with Crippen LogP contribution in [0.25, 0.3) is 0 Å². The molecule has 0 spiro atoms. The van der Waals surface area contributed by atoms with Crippen LogP contribution in [0, 0.1) is 0 Å². The summed E-state index contributed by atoms with van der Waals surface area (Å²) in [5.41, 5.74) is 3.23. The molecule has 2 rings (SSSR count). The van der Waals surface area contributed by atoms with E-state index in [1.54, 1.807) is 14.2 Å². The Labute approximate surface area is 203 Å². The molecule has 0 fully saturated rings. The van der Waals surface area contributed by atoms with Crippen LogP contribution >= 0.6 is 24.0 Å². The normalized spacial score (nSPS) is 11.5. The lowest BCUT2D eigenvalue weighted by Gasteiger charge is -2.19. The van der Waals surface area contributed by atoms with Crippen molar-refractivity contribution in [3.8, 4) is 11.5 Å². The first-order chi connectivity index (χ1) is 14.3. The molecule has 2 N–H and O–H groups in total. The van der Waals surface area contributed by atoms with Gasteiger partial charge in [-0.2, -0.15) is 0 Å². The van der Waals surface area contributed by atoms with Gasteiger partial charge in [0, 0.05) is 13.1 Å². The van der Waals surface area contributed by atoms with Crippen molar-refractivity contribution in [1.82, 2.24) is 10.6 Å². The van der Waals surface area contributed by atoms with E-state index in [0.717, 1.165) is 34.9 Å². The lowest BCUT2D eigenvalue weighted by Crippen LogP contribution is -2.36. The first-order valence-electron chi connectivity index (χ1n) is 10.3. The Kier molecular flexibility index (Phi) is 11.7. The Morgan fingerprint density at radius 1 is 0.903 bits per heavy atom. The van der Waals surface area contributed by atoms with Gasteiger partial charge in [-0.25, -0.2) is 4.99 Å². The van der Waals surface area contributed by atoms with Crippen LogP contribution < -0.4 is 20.1 Å². The fourth-order valence-electron chi connectivity index (χ4n) is 2.81. The number of nitrogens with zero attached hydrogens (tertiary/aromatic N) is 1. The molecule has 0 atom stereocenters. The van der Waals surface area contributed by atoms with E-state index >= 15 is 0 Å². The van der Waals surface area contributed by atoms with Gasteiger partial charge in [0.05, 0.1) is 33.0 Å². The second-order valence-corrected chi connectivity index (χ2v) is 7.96. The summed E-state index contributed by atoms with van der Waals surface area (Å²) >= 11 is 0. The van der Waals surface area contributed by atoms with Crippen LogP contribution in [-0.2, 0) is 24.4 Å². The van der Waals surface area contributed by atoms with E-state index in [-0.39, 0.29) is 29.6 Å². The molecule has 2 aromatic rings. The van der Waals surface area contributed by atoms with E-state index in [1.165, 1.54) is 0 Å². The third kappa shape index (κ3) is 9.78. The number of guanidine groups is 1. The minimum Gasteiger partial charge on any atom is -0.493 e. The smallest absolute Gasteiger partial charge is 0.191 e. The molecule has 0 aromatic heterocycles. The molecule has 0 saturated heterocycles. The third-order valence-electron chi connectivity index (χ3n) is 4.34. The molecular formula is C24H36IN3O3. The lowest BCUT2D eigenvalue weighted by molar-refractivity contribution is -0.0149. The molecule has 0 saturated carbocycles. The van der Waals surface area contributed by atoms with Gasteiger partial charge < -0.3 is 24.8 Å². The highest BCUT2D eigenvalue weighted by Crippen LogP contribution is 2.27. The average Bonchev–Trinajstić information content (AvgIpc) is 2.73. The maximum atomic E-state index is 5.88. The molecule has 0 radical (unpaired) electrons. The fraction of sp³-hybridized carbons (Fsp3) is 0.458. The second kappa shape index (κ2) is 13.4. The van der Waals surface area contributed by atoms with Crippen LogP contribution in [-0.4, -0.2) is 32.3 Å². The first kappa shape index (κ1) is 27.0. The van der Waals surface area contributed by atoms with Crippen molar-refractivity contribution in [3.63, 3.8) is 0 Å². The van der Waals surface area contributed by atoms with Crippen molar-refractivity contribution in [2.45, 2.75) is 53.0 Å². The zero-order chi connectivity index (χ0) is 22.0. The van der Waals surface area contributed by atoms with Gasteiger partial charge in [-0.15, -0.1) is 24.0 Å². The topological polar surface area (TPSA) is 64.1 Å². The van der Waals surface area contributed by atoms with Crippen LogP contribution in [0.5, 0.6) is 11.5 Å². The maximum Gasteiger partial charge on any atom is 0.191 e. The Balaban J connectivity index is 0.00000480. The van der Waals surface area contributed by atoms with E-state index in [1.807, 2.05) is 18.2 Å². The van der Waals surface area contributed by atoms with Crippen molar-refractivity contribution in [1.29, 1.82) is 0 Å². The van der Waals surface area contributed by atoms with E-state index in [2.05, 4.69) is 62.6 Å². The highest BCUT2D eigenvalue weighted by atomic mass is 127. The summed E-state index contributed by atoms with van der Waals surface area (Å²) in [6, 6.07) is 14.3. The monoisotopic (exact) mass is 541 g/mol. The summed E-state index contributed by atoms with van der Waals surface area (Å²) in [7, 11) is 3.27. The van der Waals surface area contributed by atoms with Crippen LogP contribution in [0.3, 0.4) is 0 Å². The average molecular weight is 541 g/mol. The predicted octanol–water partition coefficient (Wildman–Crippen LogP) is 4.89. The Hall–Kier alpha value is -2.00. The Morgan fingerprint density at radius 2 is 1.61 bits per heavy atom. The number of ether oxygens (including phenoxy) is 3. The van der Waals surface area contributed by atoms with E-state index in [4.69, 9.17) is 19.2 Å². The molecule has 0 aliphatic carbocycles. The summed E-state index contributed by atoms with van der Waals surface area (Å²) in [4.78, 5) is 4.72. The van der Waals surface area contributed by atoms with Crippen molar-refractivity contribution < 1.29 is 14.2 Å². The van der Waals surface area contributed by atoms with E-state index in [0.29, 0.717) is 25.4 Å². The van der Waals surface area contributed by atoms with Crippen molar-refractivity contribution >= 4 is 29.9 Å². The number of benzene rings is 2. The number of hydrogen-bond donors (Lipinski definition) is 2. The fourth-order valence-corrected chi connectivity index (χ4v) is 2.81. The van der Waals surface area contributed by atoms with E-state index < -0.39 is 0 Å². The lowest BCUT2D eigenvalue weighted by atomic mass is 10.1. The predicted molar refractivity (Wildman–Crippen MR) is 138 cm³/mol. The molecule has 0 amide bonds. The van der Waals surface area contributed by atoms with Crippen molar-refractivity contribution in [2.24, 2.45) is 4.99 Å². The van der Waals surface area contributed by atoms with Gasteiger partial charge in [-0.05, 0) is 56.5 Å². The molecule has 6 nitrogen and oxygen atoms in total. The number of halogens is 1. The van der Waals surface area contributed by atoms with Gasteiger partial charge in [0.25, 0.3) is 0 Å². The van der Waals surface area contributed by atoms with Crippen LogP contribution in [0.4, 0.5) is 0 Å². The maximum absolute atomic E-state index is 5.88. The quantitative estimate of drug-likeness (QED) is 0.269. The van der Waals surface area contributed by atoms with Gasteiger partial charge >= 0.3 is 0 Å². The van der Waals surface area contributed by atoms with Crippen LogP contribution in [0.1, 0.15) is 44.4 Å². The number of hydrogen-bond acceptors (Lipinski definition) is 4. The standard InChI is InChI=1S/C24H35N3O3.HI/c1-7-25-23(27-16-19-11-12-21(28-5)22(14-19)29-6)26-15-18-9-8-10-20(13-18)17-30-24(2,3)4;/h8-14H,7,15-17H2,1-6H3,(H2,25,26,27);1H. The van der Waals surface area contributed by atoms with Gasteiger partial charge in [0.15, 0.2) is 17.5 Å². The second-order valence-electron chi connectivity index (χ2n) is 7.96. The highest BCUT2D eigenvalue weighted by molar-refractivity contribution is 14.0. The molecule has 0 aliphatic heterocycles. The minimum absolute atomic E-state index is 0. The summed E-state index contributed by atoms with van der Waals surface area (Å²) < 4.78 is 16.6. The zero-order valence-electron chi connectivity index (χ0n) is 19.5. The van der Waals surface area contributed by atoms with Gasteiger partial charge in [0.1, 0.15) is 0 Å². The Bertz CT molecular complexity index is 835. The zero-order valence-corrected chi connectivity index (χ0v) is 21.8. The van der Waals surface area contributed by atoms with Gasteiger partial charge in [-0.1, -0.05) is 30.3 Å². The number of aliphatic imine (C=N–C) groups is 1. The number of nitrogens with one attached hydrogen (secondary N) is 2. The van der Waals surface area contributed by atoms with Gasteiger partial charge in [-0.3, -0.25) is 0 Å². The number of rotatable bonds is 9. The van der Waals surface area contributed by atoms with Crippen molar-refractivity contribution in [3.05, 3.63) is 59.2 Å². The van der Waals surface area contributed by atoms with Crippen molar-refractivity contribution in [2.75, 3.05) is 20.8 Å². The molecule has 31 heavy (non-hydrogen) atoms. The molecule has 0 heterocycles. The van der Waals surface area contributed by atoms with Crippen LogP contribution in [0.15, 0.2) is 47.5 Å². The molecule has 0 bridgehead atoms. The SMILES string of the molecule is CCNC(=NCc1cccc(COC(C)(C)C)c1)NCc1ccc(OC)c(OC)c1.I. The molecule has 7 heteroatoms. The summed E-state index contributed by atoms with van der Waals surface area (Å²) in [6.45, 7) is 10.8. The largest absolute Gasteiger partial charge is 0.493 e. The molecular weight excluding hydrogens is 505 g/mol. The highest BCUT2D eigenvalue weighted by Gasteiger charge is 2.10. The molecule has 0 aliphatic rings. The first-order valence-corrected chi connectivity index (χ1v) is 10.3. The molecule has 172 valence electrons. The summed E-state index contributed by atoms with van der Waals surface area (Å²) in [6.07, 6.45) is 0. The van der Waals surface area contributed by atoms with E-state index in [9.17, 15) is 0 Å².